The van der Waals surface area contributed by atoms with E-state index in [0.29, 0.717) is 39.4 Å². The summed E-state index contributed by atoms with van der Waals surface area (Å²) in [5.74, 6) is -0.438. The molecule has 0 radical (unpaired) electrons. The number of carbonyl (C=O) groups excluding carboxylic acids is 2. The van der Waals surface area contributed by atoms with E-state index in [1.165, 1.54) is 0 Å². The SMILES string of the molecule is NC(Cc1ccc(Cl)c(Cl)c1)C(=O)N1CC(CCCO)N(C(=O)[C@H](N)Cc2ccc(Cl)c(Cl)c2)C[C@H]1Cc1ccccc1. The van der Waals surface area contributed by atoms with E-state index in [1.807, 2.05) is 30.3 Å². The van der Waals surface area contributed by atoms with Crippen molar-refractivity contribution in [1.82, 2.24) is 9.80 Å². The molecule has 1 saturated heterocycles. The molecule has 7 nitrogen and oxygen atoms in total. The number of hydrogen-bond acceptors (Lipinski definition) is 5. The van der Waals surface area contributed by atoms with Crippen molar-refractivity contribution in [3.63, 3.8) is 0 Å². The lowest BCUT2D eigenvalue weighted by molar-refractivity contribution is -0.148. The molecule has 1 heterocycles. The van der Waals surface area contributed by atoms with Crippen LogP contribution in [0.5, 0.6) is 0 Å². The Hall–Kier alpha value is -2.36. The number of nitrogens with zero attached hydrogens (tertiary/aromatic N) is 2. The lowest BCUT2D eigenvalue weighted by atomic mass is 9.94. The number of aliphatic hydroxyl groups excluding tert-OH is 1. The smallest absolute Gasteiger partial charge is 0.240 e. The Morgan fingerprint density at radius 1 is 0.721 bits per heavy atom. The summed E-state index contributed by atoms with van der Waals surface area (Å²) in [5, 5.41) is 11.3. The van der Waals surface area contributed by atoms with Gasteiger partial charge in [-0.15, -0.1) is 0 Å². The van der Waals surface area contributed by atoms with E-state index in [-0.39, 0.29) is 56.4 Å². The van der Waals surface area contributed by atoms with Crippen molar-refractivity contribution < 1.29 is 14.7 Å². The minimum absolute atomic E-state index is 0.0356. The molecule has 43 heavy (non-hydrogen) atoms. The molecule has 4 atom stereocenters. The van der Waals surface area contributed by atoms with Crippen LogP contribution >= 0.6 is 46.4 Å². The highest BCUT2D eigenvalue weighted by atomic mass is 35.5. The first-order valence-electron chi connectivity index (χ1n) is 14.2. The Labute approximate surface area is 272 Å². The molecule has 0 aromatic heterocycles. The summed E-state index contributed by atoms with van der Waals surface area (Å²) in [5.41, 5.74) is 15.6. The van der Waals surface area contributed by atoms with Gasteiger partial charge in [-0.2, -0.15) is 0 Å². The molecule has 1 aliphatic rings. The minimum Gasteiger partial charge on any atom is -0.396 e. The van der Waals surface area contributed by atoms with Gasteiger partial charge in [-0.1, -0.05) is 88.9 Å². The van der Waals surface area contributed by atoms with E-state index in [0.717, 1.165) is 16.7 Å². The van der Waals surface area contributed by atoms with Crippen molar-refractivity contribution in [3.8, 4) is 0 Å². The molecule has 0 saturated carbocycles. The standard InChI is InChI=1S/C32H36Cl4N4O3/c33-25-10-8-21(14-27(25)35)16-29(37)31(42)39-19-24(13-20-5-2-1-3-6-20)40(18-23(39)7-4-12-41)32(43)30(38)17-22-9-11-26(34)28(36)15-22/h1-3,5-6,8-11,14-15,23-24,29-30,41H,4,7,12-13,16-19,37-38H2/t23?,24-,29-,30?/m1/s1. The topological polar surface area (TPSA) is 113 Å². The van der Waals surface area contributed by atoms with E-state index in [2.05, 4.69) is 0 Å². The molecular weight excluding hydrogens is 630 g/mol. The van der Waals surface area contributed by atoms with Crippen molar-refractivity contribution in [3.05, 3.63) is 104 Å². The van der Waals surface area contributed by atoms with E-state index >= 15 is 0 Å². The monoisotopic (exact) mass is 664 g/mol. The van der Waals surface area contributed by atoms with Crippen LogP contribution in [-0.4, -0.2) is 70.6 Å². The molecule has 5 N–H and O–H groups in total. The van der Waals surface area contributed by atoms with Crippen molar-refractivity contribution in [1.29, 1.82) is 0 Å². The Bertz CT molecular complexity index is 1410. The number of nitrogens with two attached hydrogens (primary N) is 2. The number of halogens is 4. The fourth-order valence-electron chi connectivity index (χ4n) is 5.57. The molecule has 230 valence electrons. The maximum absolute atomic E-state index is 13.9. The van der Waals surface area contributed by atoms with Gasteiger partial charge >= 0.3 is 0 Å². The van der Waals surface area contributed by atoms with Gasteiger partial charge in [0.25, 0.3) is 0 Å². The first kappa shape index (κ1) is 33.5. The van der Waals surface area contributed by atoms with Gasteiger partial charge in [-0.25, -0.2) is 0 Å². The summed E-state index contributed by atoms with van der Waals surface area (Å²) in [6, 6.07) is 17.9. The third kappa shape index (κ3) is 8.85. The molecule has 1 fully saturated rings. The molecule has 0 aliphatic carbocycles. The van der Waals surface area contributed by atoms with Crippen LogP contribution in [-0.2, 0) is 28.9 Å². The Kier molecular flexibility index (Phi) is 12.1. The second kappa shape index (κ2) is 15.6. The quantitative estimate of drug-likeness (QED) is 0.262. The minimum atomic E-state index is -0.828. The number of benzene rings is 3. The van der Waals surface area contributed by atoms with E-state index < -0.39 is 12.1 Å². The van der Waals surface area contributed by atoms with E-state index in [4.69, 9.17) is 57.9 Å². The highest BCUT2D eigenvalue weighted by Crippen LogP contribution is 2.27. The first-order chi connectivity index (χ1) is 20.6. The van der Waals surface area contributed by atoms with Gasteiger partial charge in [-0.05, 0) is 73.1 Å². The number of carbonyl (C=O) groups is 2. The fourth-order valence-corrected chi connectivity index (χ4v) is 6.21. The van der Waals surface area contributed by atoms with Gasteiger partial charge in [-0.3, -0.25) is 9.59 Å². The highest BCUT2D eigenvalue weighted by Gasteiger charge is 2.40. The van der Waals surface area contributed by atoms with Crippen molar-refractivity contribution in [2.24, 2.45) is 11.5 Å². The van der Waals surface area contributed by atoms with Crippen LogP contribution in [0.1, 0.15) is 29.5 Å². The van der Waals surface area contributed by atoms with Crippen molar-refractivity contribution in [2.75, 3.05) is 19.7 Å². The van der Waals surface area contributed by atoms with Crippen LogP contribution in [0.4, 0.5) is 0 Å². The zero-order valence-corrected chi connectivity index (χ0v) is 26.7. The number of rotatable bonds is 11. The van der Waals surface area contributed by atoms with Crippen molar-refractivity contribution in [2.45, 2.75) is 56.3 Å². The molecule has 2 amide bonds. The number of aliphatic hydroxyl groups is 1. The Morgan fingerprint density at radius 2 is 1.21 bits per heavy atom. The summed E-state index contributed by atoms with van der Waals surface area (Å²) in [7, 11) is 0. The molecule has 0 spiro atoms. The Balaban J connectivity index is 1.58. The Morgan fingerprint density at radius 3 is 1.70 bits per heavy atom. The molecule has 4 rings (SSSR count). The van der Waals surface area contributed by atoms with Gasteiger partial charge in [0, 0.05) is 25.7 Å². The molecular formula is C32H36Cl4N4O3. The maximum atomic E-state index is 13.9. The van der Waals surface area contributed by atoms with Crippen LogP contribution in [0.2, 0.25) is 20.1 Å². The third-order valence-electron chi connectivity index (χ3n) is 7.79. The van der Waals surface area contributed by atoms with Gasteiger partial charge in [0.15, 0.2) is 0 Å². The third-order valence-corrected chi connectivity index (χ3v) is 9.26. The number of hydrogen-bond donors (Lipinski definition) is 3. The zero-order chi connectivity index (χ0) is 31.1. The van der Waals surface area contributed by atoms with Gasteiger partial charge in [0.05, 0.1) is 38.2 Å². The van der Waals surface area contributed by atoms with Crippen LogP contribution in [0.3, 0.4) is 0 Å². The summed E-state index contributed by atoms with van der Waals surface area (Å²) >= 11 is 24.5. The maximum Gasteiger partial charge on any atom is 0.240 e. The molecule has 11 heteroatoms. The van der Waals surface area contributed by atoms with E-state index in [1.54, 1.807) is 46.2 Å². The molecule has 3 aromatic carbocycles. The zero-order valence-electron chi connectivity index (χ0n) is 23.6. The lowest BCUT2D eigenvalue weighted by Crippen LogP contribution is -2.65. The predicted molar refractivity (Wildman–Crippen MR) is 174 cm³/mol. The summed E-state index contributed by atoms with van der Waals surface area (Å²) in [6.07, 6.45) is 2.07. The van der Waals surface area contributed by atoms with Gasteiger partial charge < -0.3 is 26.4 Å². The number of amides is 2. The van der Waals surface area contributed by atoms with E-state index in [9.17, 15) is 14.7 Å². The highest BCUT2D eigenvalue weighted by molar-refractivity contribution is 6.42. The second-order valence-electron chi connectivity index (χ2n) is 11.0. The largest absolute Gasteiger partial charge is 0.396 e. The molecule has 1 aliphatic heterocycles. The summed E-state index contributed by atoms with van der Waals surface area (Å²) in [4.78, 5) is 31.4. The summed E-state index contributed by atoms with van der Waals surface area (Å²) < 4.78 is 0. The average Bonchev–Trinajstić information content (AvgIpc) is 2.99. The molecule has 2 unspecified atom stereocenters. The molecule has 3 aromatic rings. The van der Waals surface area contributed by atoms with Crippen LogP contribution in [0.15, 0.2) is 66.7 Å². The first-order valence-corrected chi connectivity index (χ1v) is 15.7. The van der Waals surface area contributed by atoms with Gasteiger partial charge in [0.1, 0.15) is 0 Å². The number of piperazine rings is 1. The molecule has 0 bridgehead atoms. The van der Waals surface area contributed by atoms with Crippen molar-refractivity contribution >= 4 is 58.2 Å². The van der Waals surface area contributed by atoms with Gasteiger partial charge in [0.2, 0.25) is 11.8 Å². The van der Waals surface area contributed by atoms with Crippen LogP contribution in [0, 0.1) is 0 Å². The average molecular weight is 666 g/mol. The lowest BCUT2D eigenvalue weighted by Gasteiger charge is -2.48. The summed E-state index contributed by atoms with van der Waals surface area (Å²) in [6.45, 7) is 0.521. The van der Waals surface area contributed by atoms with Crippen LogP contribution < -0.4 is 11.5 Å². The second-order valence-corrected chi connectivity index (χ2v) is 12.6. The fraction of sp³-hybridized carbons (Fsp3) is 0.375. The normalized spacial score (nSPS) is 18.4. The predicted octanol–water partition coefficient (Wildman–Crippen LogP) is 5.16. The van der Waals surface area contributed by atoms with Crippen LogP contribution in [0.25, 0.3) is 0 Å².